The zero-order valence-electron chi connectivity index (χ0n) is 10.5. The van der Waals surface area contributed by atoms with Gasteiger partial charge in [0.05, 0.1) is 0 Å². The van der Waals surface area contributed by atoms with Gasteiger partial charge >= 0.3 is 6.09 Å². The second kappa shape index (κ2) is 5.08. The monoisotopic (exact) mass is 248 g/mol. The second-order valence-corrected chi connectivity index (χ2v) is 4.41. The number of aryl methyl sites for hydroxylation is 1. The van der Waals surface area contributed by atoms with Crippen LogP contribution in [0.15, 0.2) is 24.3 Å². The van der Waals surface area contributed by atoms with Crippen molar-refractivity contribution in [3.05, 3.63) is 35.4 Å². The number of carbonyl (C=O) groups is 2. The summed E-state index contributed by atoms with van der Waals surface area (Å²) in [4.78, 5) is 24.3. The summed E-state index contributed by atoms with van der Waals surface area (Å²) in [7, 11) is 1.56. The summed E-state index contributed by atoms with van der Waals surface area (Å²) in [5.41, 5.74) is 2.19. The highest BCUT2D eigenvalue weighted by Crippen LogP contribution is 2.10. The fraction of sp³-hybridized carbons (Fsp3) is 0.385. The highest BCUT2D eigenvalue weighted by Gasteiger charge is 2.34. The molecule has 1 N–H and O–H groups in total. The van der Waals surface area contributed by atoms with Gasteiger partial charge in [-0.25, -0.2) is 4.79 Å². The predicted molar refractivity (Wildman–Crippen MR) is 65.9 cm³/mol. The van der Waals surface area contributed by atoms with E-state index >= 15 is 0 Å². The maximum absolute atomic E-state index is 11.9. The lowest BCUT2D eigenvalue weighted by Crippen LogP contribution is -2.43. The molecule has 18 heavy (non-hydrogen) atoms. The molecule has 2 amide bonds. The topological polar surface area (TPSA) is 58.6 Å². The van der Waals surface area contributed by atoms with E-state index in [1.54, 1.807) is 7.05 Å². The summed E-state index contributed by atoms with van der Waals surface area (Å²) in [5, 5.41) is 2.81. The Balaban J connectivity index is 1.91. The largest absolute Gasteiger partial charge is 0.447 e. The fourth-order valence-electron chi connectivity index (χ4n) is 1.87. The van der Waals surface area contributed by atoms with Crippen LogP contribution in [0.3, 0.4) is 0 Å². The van der Waals surface area contributed by atoms with Crippen LogP contribution in [0.1, 0.15) is 11.1 Å². The Morgan fingerprint density at radius 3 is 2.94 bits per heavy atom. The maximum Gasteiger partial charge on any atom is 0.410 e. The van der Waals surface area contributed by atoms with E-state index in [0.29, 0.717) is 6.54 Å². The van der Waals surface area contributed by atoms with Crippen LogP contribution in [0.4, 0.5) is 4.79 Å². The molecule has 1 aromatic carbocycles. The third kappa shape index (κ3) is 2.61. The van der Waals surface area contributed by atoms with Crippen molar-refractivity contribution in [3.8, 4) is 0 Å². The smallest absolute Gasteiger partial charge is 0.410 e. The van der Waals surface area contributed by atoms with Gasteiger partial charge in [-0.05, 0) is 12.5 Å². The first-order valence-corrected chi connectivity index (χ1v) is 5.81. The van der Waals surface area contributed by atoms with Gasteiger partial charge < -0.3 is 10.1 Å². The van der Waals surface area contributed by atoms with Gasteiger partial charge in [0.2, 0.25) is 5.91 Å². The number of hydrogen-bond donors (Lipinski definition) is 1. The molecule has 1 aromatic rings. The molecule has 1 saturated heterocycles. The predicted octanol–water partition coefficient (Wildman–Crippen LogP) is 1.06. The Hall–Kier alpha value is -2.04. The third-order valence-corrected chi connectivity index (χ3v) is 2.97. The van der Waals surface area contributed by atoms with Crippen LogP contribution >= 0.6 is 0 Å². The van der Waals surface area contributed by atoms with Gasteiger partial charge in [-0.1, -0.05) is 29.8 Å². The van der Waals surface area contributed by atoms with Crippen LogP contribution in [0.5, 0.6) is 0 Å². The van der Waals surface area contributed by atoms with Gasteiger partial charge in [0, 0.05) is 13.6 Å². The van der Waals surface area contributed by atoms with Crippen molar-refractivity contribution in [1.29, 1.82) is 0 Å². The van der Waals surface area contributed by atoms with E-state index < -0.39 is 12.1 Å². The first kappa shape index (κ1) is 12.4. The second-order valence-electron chi connectivity index (χ2n) is 4.41. The molecular formula is C13H16N2O3. The standard InChI is InChI=1S/C13H16N2O3/c1-9-4-3-5-10(6-9)7-14-12(16)11-8-18-13(17)15(11)2/h3-6,11H,7-8H2,1-2H3,(H,14,16). The number of rotatable bonds is 3. The molecule has 0 saturated carbocycles. The quantitative estimate of drug-likeness (QED) is 0.870. The molecule has 5 nitrogen and oxygen atoms in total. The zero-order chi connectivity index (χ0) is 13.1. The zero-order valence-corrected chi connectivity index (χ0v) is 10.5. The summed E-state index contributed by atoms with van der Waals surface area (Å²) in [5.74, 6) is -0.190. The van der Waals surface area contributed by atoms with Crippen molar-refractivity contribution in [3.63, 3.8) is 0 Å². The van der Waals surface area contributed by atoms with Crippen LogP contribution < -0.4 is 5.32 Å². The molecule has 1 unspecified atom stereocenters. The molecule has 1 atom stereocenters. The molecule has 1 fully saturated rings. The van der Waals surface area contributed by atoms with Gasteiger partial charge in [0.25, 0.3) is 0 Å². The number of carbonyl (C=O) groups excluding carboxylic acids is 2. The summed E-state index contributed by atoms with van der Waals surface area (Å²) in [6.45, 7) is 2.58. The van der Waals surface area contributed by atoms with E-state index in [-0.39, 0.29) is 12.5 Å². The van der Waals surface area contributed by atoms with Gasteiger partial charge in [0.15, 0.2) is 0 Å². The summed E-state index contributed by atoms with van der Waals surface area (Å²) >= 11 is 0. The van der Waals surface area contributed by atoms with E-state index in [9.17, 15) is 9.59 Å². The van der Waals surface area contributed by atoms with Crippen LogP contribution in [0.2, 0.25) is 0 Å². The van der Waals surface area contributed by atoms with Crippen LogP contribution in [0, 0.1) is 6.92 Å². The Morgan fingerprint density at radius 1 is 1.56 bits per heavy atom. The first-order valence-electron chi connectivity index (χ1n) is 5.81. The number of nitrogens with one attached hydrogen (secondary N) is 1. The molecule has 0 radical (unpaired) electrons. The van der Waals surface area contributed by atoms with Crippen molar-refractivity contribution < 1.29 is 14.3 Å². The lowest BCUT2D eigenvalue weighted by molar-refractivity contribution is -0.124. The third-order valence-electron chi connectivity index (χ3n) is 2.97. The number of likely N-dealkylation sites (N-methyl/N-ethyl adjacent to an activating group) is 1. The molecule has 96 valence electrons. The van der Waals surface area contributed by atoms with Crippen molar-refractivity contribution in [2.75, 3.05) is 13.7 Å². The summed E-state index contributed by atoms with van der Waals surface area (Å²) in [6, 6.07) is 7.39. The lowest BCUT2D eigenvalue weighted by atomic mass is 10.1. The molecule has 5 heteroatoms. The number of ether oxygens (including phenoxy) is 1. The highest BCUT2D eigenvalue weighted by molar-refractivity contribution is 5.87. The Morgan fingerprint density at radius 2 is 2.33 bits per heavy atom. The summed E-state index contributed by atoms with van der Waals surface area (Å²) < 4.78 is 4.80. The van der Waals surface area contributed by atoms with Crippen LogP contribution in [0.25, 0.3) is 0 Å². The Kier molecular flexibility index (Phi) is 3.50. The number of cyclic esters (lactones) is 1. The molecular weight excluding hydrogens is 232 g/mol. The number of hydrogen-bond acceptors (Lipinski definition) is 3. The molecule has 1 heterocycles. The average molecular weight is 248 g/mol. The van der Waals surface area contributed by atoms with Gasteiger partial charge in [-0.3, -0.25) is 9.69 Å². The molecule has 0 aliphatic carbocycles. The van der Waals surface area contributed by atoms with E-state index in [1.807, 2.05) is 31.2 Å². The van der Waals surface area contributed by atoms with Crippen LogP contribution in [-0.4, -0.2) is 36.6 Å². The lowest BCUT2D eigenvalue weighted by Gasteiger charge is -2.15. The fourth-order valence-corrected chi connectivity index (χ4v) is 1.87. The van der Waals surface area contributed by atoms with Gasteiger partial charge in [-0.15, -0.1) is 0 Å². The van der Waals surface area contributed by atoms with Crippen LogP contribution in [-0.2, 0) is 16.1 Å². The number of nitrogens with zero attached hydrogens (tertiary/aromatic N) is 1. The van der Waals surface area contributed by atoms with E-state index in [0.717, 1.165) is 11.1 Å². The molecule has 1 aliphatic heterocycles. The molecule has 1 aliphatic rings. The summed E-state index contributed by atoms with van der Waals surface area (Å²) in [6.07, 6.45) is -0.453. The van der Waals surface area contributed by atoms with E-state index in [2.05, 4.69) is 5.32 Å². The first-order chi connectivity index (χ1) is 8.58. The normalized spacial score (nSPS) is 18.7. The SMILES string of the molecule is Cc1cccc(CNC(=O)C2COC(=O)N2C)c1. The minimum atomic E-state index is -0.526. The van der Waals surface area contributed by atoms with E-state index in [4.69, 9.17) is 4.74 Å². The number of benzene rings is 1. The van der Waals surface area contributed by atoms with E-state index in [1.165, 1.54) is 4.90 Å². The number of amides is 2. The Bertz CT molecular complexity index is 473. The Labute approximate surface area is 106 Å². The average Bonchev–Trinajstić information content (AvgIpc) is 2.67. The van der Waals surface area contributed by atoms with Gasteiger partial charge in [-0.2, -0.15) is 0 Å². The minimum Gasteiger partial charge on any atom is -0.447 e. The van der Waals surface area contributed by atoms with Gasteiger partial charge in [0.1, 0.15) is 12.6 Å². The highest BCUT2D eigenvalue weighted by atomic mass is 16.6. The molecule has 0 bridgehead atoms. The molecule has 0 spiro atoms. The van der Waals surface area contributed by atoms with Crippen molar-refractivity contribution in [1.82, 2.24) is 10.2 Å². The van der Waals surface area contributed by atoms with Crippen molar-refractivity contribution in [2.45, 2.75) is 19.5 Å². The minimum absolute atomic E-state index is 0.120. The molecule has 2 rings (SSSR count). The maximum atomic E-state index is 11.9. The molecule has 0 aromatic heterocycles. The van der Waals surface area contributed by atoms with Crippen molar-refractivity contribution in [2.24, 2.45) is 0 Å². The van der Waals surface area contributed by atoms with Crippen molar-refractivity contribution >= 4 is 12.0 Å².